The van der Waals surface area contributed by atoms with Crippen molar-refractivity contribution in [2.24, 2.45) is 0 Å². The quantitative estimate of drug-likeness (QED) is 0.270. The first-order valence-electron chi connectivity index (χ1n) is 11.6. The van der Waals surface area contributed by atoms with Crippen LogP contribution in [0.2, 0.25) is 5.15 Å². The predicted molar refractivity (Wildman–Crippen MR) is 143 cm³/mol. The van der Waals surface area contributed by atoms with Crippen molar-refractivity contribution in [3.05, 3.63) is 106 Å². The molecular formula is C28H25ClN4O2S. The molecule has 1 N–H and O–H groups in total. The van der Waals surface area contributed by atoms with Gasteiger partial charge < -0.3 is 9.45 Å². The van der Waals surface area contributed by atoms with E-state index in [-0.39, 0.29) is 17.0 Å². The van der Waals surface area contributed by atoms with Crippen molar-refractivity contribution in [3.63, 3.8) is 0 Å². The normalized spacial score (nSPS) is 13.7. The van der Waals surface area contributed by atoms with Gasteiger partial charge in [0.25, 0.3) is 11.9 Å². The van der Waals surface area contributed by atoms with E-state index in [2.05, 4.69) is 26.8 Å². The first kappa shape index (κ1) is 24.3. The first-order chi connectivity index (χ1) is 17.4. The maximum absolute atomic E-state index is 13.2. The molecule has 0 fully saturated rings. The molecule has 0 spiro atoms. The Morgan fingerprint density at radius 3 is 2.47 bits per heavy atom. The second-order valence-corrected chi connectivity index (χ2v) is 10.4. The fraction of sp³-hybridized carbons (Fsp3) is 0.179. The second kappa shape index (κ2) is 10.3. The minimum Gasteiger partial charge on any atom is -0.588 e. The minimum absolute atomic E-state index is 0.0836. The van der Waals surface area contributed by atoms with Crippen molar-refractivity contribution in [3.8, 4) is 11.3 Å². The number of aryl methyl sites for hydroxylation is 2. The fourth-order valence-electron chi connectivity index (χ4n) is 4.55. The van der Waals surface area contributed by atoms with Crippen LogP contribution in [0.4, 0.5) is 5.95 Å². The topological polar surface area (TPSA) is 81.2 Å². The Kier molecular flexibility index (Phi) is 6.96. The molecule has 0 saturated carbocycles. The number of amides is 1. The molecule has 4 aromatic rings. The maximum atomic E-state index is 13.2. The lowest BCUT2D eigenvalue weighted by Crippen LogP contribution is -2.36. The molecule has 36 heavy (non-hydrogen) atoms. The largest absolute Gasteiger partial charge is 0.588 e. The van der Waals surface area contributed by atoms with Crippen molar-refractivity contribution in [2.75, 3.05) is 11.3 Å². The summed E-state index contributed by atoms with van der Waals surface area (Å²) in [6, 6.07) is 22.7. The van der Waals surface area contributed by atoms with Crippen LogP contribution < -0.4 is 4.72 Å². The first-order valence-corrected chi connectivity index (χ1v) is 13.2. The van der Waals surface area contributed by atoms with Crippen LogP contribution >= 0.6 is 11.6 Å². The Morgan fingerprint density at radius 1 is 0.972 bits per heavy atom. The standard InChI is InChI=1S/C28H25ClN4O2S/c1-18-7-5-8-19(2)26(18)24-16-25(29)31-28(30-24)32-36(35)23-12-6-11-21(15-23)27(34)33-14-13-20-9-3-4-10-22(20)17-33/h3-12,15-16H,13-14,17H2,1-2H3,(H,30,31,32). The number of anilines is 1. The number of aromatic nitrogens is 2. The highest BCUT2D eigenvalue weighted by atomic mass is 35.5. The van der Waals surface area contributed by atoms with Gasteiger partial charge in [0.2, 0.25) is 0 Å². The molecule has 2 heterocycles. The smallest absolute Gasteiger partial charge is 0.267 e. The molecule has 5 rings (SSSR count). The van der Waals surface area contributed by atoms with E-state index in [1.54, 1.807) is 30.3 Å². The molecule has 0 aliphatic carbocycles. The van der Waals surface area contributed by atoms with Crippen molar-refractivity contribution in [2.45, 2.75) is 31.7 Å². The molecule has 1 amide bonds. The Bertz CT molecular complexity index is 1420. The summed E-state index contributed by atoms with van der Waals surface area (Å²) in [5.41, 5.74) is 6.67. The summed E-state index contributed by atoms with van der Waals surface area (Å²) in [4.78, 5) is 24.3. The third-order valence-corrected chi connectivity index (χ3v) is 7.57. The molecule has 0 saturated heterocycles. The van der Waals surface area contributed by atoms with Crippen LogP contribution in [0.15, 0.2) is 77.7 Å². The number of hydrogen-bond donors (Lipinski definition) is 1. The van der Waals surface area contributed by atoms with Gasteiger partial charge in [-0.3, -0.25) is 4.79 Å². The van der Waals surface area contributed by atoms with Gasteiger partial charge in [0.05, 0.1) is 5.69 Å². The van der Waals surface area contributed by atoms with Gasteiger partial charge in [0.1, 0.15) is 16.5 Å². The third-order valence-electron chi connectivity index (χ3n) is 6.33. The van der Waals surface area contributed by atoms with Crippen molar-refractivity contribution < 1.29 is 9.35 Å². The number of rotatable bonds is 5. The van der Waals surface area contributed by atoms with Crippen LogP contribution in [0.3, 0.4) is 0 Å². The summed E-state index contributed by atoms with van der Waals surface area (Å²) in [6.45, 7) is 5.23. The molecule has 182 valence electrons. The van der Waals surface area contributed by atoms with Gasteiger partial charge in [-0.05, 0) is 54.7 Å². The average molecular weight is 517 g/mol. The summed E-state index contributed by atoms with van der Waals surface area (Å²) in [5.74, 6) is 0.0718. The Morgan fingerprint density at radius 2 is 1.69 bits per heavy atom. The highest BCUT2D eigenvalue weighted by Gasteiger charge is 2.24. The van der Waals surface area contributed by atoms with Crippen LogP contribution in [0.1, 0.15) is 32.6 Å². The van der Waals surface area contributed by atoms with Gasteiger partial charge in [-0.1, -0.05) is 60.1 Å². The van der Waals surface area contributed by atoms with E-state index < -0.39 is 11.4 Å². The van der Waals surface area contributed by atoms with Crippen molar-refractivity contribution >= 4 is 34.8 Å². The van der Waals surface area contributed by atoms with Gasteiger partial charge in [0, 0.05) is 36.3 Å². The number of fused-ring (bicyclic) bond motifs is 1. The summed E-state index contributed by atoms with van der Waals surface area (Å²) in [6.07, 6.45) is 0.823. The zero-order valence-electron chi connectivity index (χ0n) is 20.0. The number of hydrogen-bond acceptors (Lipinski definition) is 5. The number of benzene rings is 3. The Hall–Kier alpha value is -3.39. The van der Waals surface area contributed by atoms with Crippen molar-refractivity contribution in [1.29, 1.82) is 0 Å². The lowest BCUT2D eigenvalue weighted by atomic mass is 9.99. The third kappa shape index (κ3) is 5.09. The van der Waals surface area contributed by atoms with E-state index >= 15 is 0 Å². The van der Waals surface area contributed by atoms with Gasteiger partial charge >= 0.3 is 0 Å². The molecule has 8 heteroatoms. The van der Waals surface area contributed by atoms with E-state index in [4.69, 9.17) is 11.6 Å². The zero-order chi connectivity index (χ0) is 25.2. The lowest BCUT2D eigenvalue weighted by molar-refractivity contribution is 0.0734. The van der Waals surface area contributed by atoms with E-state index in [1.807, 2.05) is 49.1 Å². The van der Waals surface area contributed by atoms with Crippen LogP contribution in [0.25, 0.3) is 11.3 Å². The van der Waals surface area contributed by atoms with Gasteiger partial charge in [-0.25, -0.2) is 4.98 Å². The summed E-state index contributed by atoms with van der Waals surface area (Å²) >= 11 is 4.59. The Balaban J connectivity index is 1.35. The van der Waals surface area contributed by atoms with Gasteiger partial charge in [-0.2, -0.15) is 9.71 Å². The van der Waals surface area contributed by atoms with Gasteiger partial charge in [-0.15, -0.1) is 0 Å². The van der Waals surface area contributed by atoms with Crippen LogP contribution in [0, 0.1) is 13.8 Å². The highest BCUT2D eigenvalue weighted by Crippen LogP contribution is 2.29. The minimum atomic E-state index is -1.69. The molecule has 1 unspecified atom stereocenters. The molecule has 1 aliphatic heterocycles. The van der Waals surface area contributed by atoms with E-state index in [0.717, 1.165) is 28.7 Å². The zero-order valence-corrected chi connectivity index (χ0v) is 21.6. The molecule has 0 bridgehead atoms. The maximum Gasteiger partial charge on any atom is 0.267 e. The molecule has 1 aliphatic rings. The number of carbonyl (C=O) groups is 1. The van der Waals surface area contributed by atoms with Gasteiger partial charge in [0.15, 0.2) is 4.90 Å². The average Bonchev–Trinajstić information content (AvgIpc) is 2.87. The molecule has 6 nitrogen and oxygen atoms in total. The van der Waals surface area contributed by atoms with Crippen LogP contribution in [0.5, 0.6) is 0 Å². The summed E-state index contributed by atoms with van der Waals surface area (Å²) in [5, 5.41) is 0.247. The van der Waals surface area contributed by atoms with E-state index in [0.29, 0.717) is 29.2 Å². The van der Waals surface area contributed by atoms with Crippen molar-refractivity contribution in [1.82, 2.24) is 14.9 Å². The molecule has 3 aromatic carbocycles. The van der Waals surface area contributed by atoms with Crippen LogP contribution in [-0.4, -0.2) is 31.9 Å². The molecule has 1 aromatic heterocycles. The summed E-state index contributed by atoms with van der Waals surface area (Å²) < 4.78 is 16.0. The fourth-order valence-corrected chi connectivity index (χ4v) is 5.54. The molecule has 1 atom stereocenters. The van der Waals surface area contributed by atoms with E-state index in [9.17, 15) is 9.35 Å². The monoisotopic (exact) mass is 516 g/mol. The SMILES string of the molecule is Cc1cccc(C)c1-c1cc(Cl)nc(N[S+]([O-])c2cccc(C(=O)N3CCc4ccccc4C3)c2)n1. The molecular weight excluding hydrogens is 492 g/mol. The lowest BCUT2D eigenvalue weighted by Gasteiger charge is -2.29. The van der Waals surface area contributed by atoms with E-state index in [1.165, 1.54) is 5.56 Å². The number of carbonyl (C=O) groups excluding carboxylic acids is 1. The highest BCUT2D eigenvalue weighted by molar-refractivity contribution is 7.92. The number of nitrogens with zero attached hydrogens (tertiary/aromatic N) is 3. The number of halogens is 1. The van der Waals surface area contributed by atoms with Crippen LogP contribution in [-0.2, 0) is 24.3 Å². The molecule has 0 radical (unpaired) electrons. The summed E-state index contributed by atoms with van der Waals surface area (Å²) in [7, 11) is 0. The predicted octanol–water partition coefficient (Wildman–Crippen LogP) is 5.75. The Labute approximate surface area is 218 Å². The number of nitrogens with one attached hydrogen (secondary N) is 1. The second-order valence-electron chi connectivity index (χ2n) is 8.81.